The minimum atomic E-state index is -0.834. The molecule has 1 saturated heterocycles. The Morgan fingerprint density at radius 1 is 1.55 bits per heavy atom. The number of ether oxygens (including phenoxy) is 1. The fourth-order valence-electron chi connectivity index (χ4n) is 1.23. The van der Waals surface area contributed by atoms with E-state index in [2.05, 4.69) is 0 Å². The fourth-order valence-corrected chi connectivity index (χ4v) is 1.23. The van der Waals surface area contributed by atoms with Gasteiger partial charge in [0.1, 0.15) is 0 Å². The van der Waals surface area contributed by atoms with Gasteiger partial charge in [-0.25, -0.2) is 0 Å². The van der Waals surface area contributed by atoms with Crippen molar-refractivity contribution in [1.82, 2.24) is 0 Å². The van der Waals surface area contributed by atoms with Crippen molar-refractivity contribution in [3.05, 3.63) is 0 Å². The van der Waals surface area contributed by atoms with Crippen molar-refractivity contribution in [3.63, 3.8) is 0 Å². The fraction of sp³-hybridized carbons (Fsp3) is 1.00. The average Bonchev–Trinajstić information content (AvgIpc) is 1.94. The second-order valence-electron chi connectivity index (χ2n) is 3.17. The highest BCUT2D eigenvalue weighted by molar-refractivity contribution is 4.79. The summed E-state index contributed by atoms with van der Waals surface area (Å²) in [5.74, 6) is 0. The Balaban J connectivity index is 2.40. The Morgan fingerprint density at radius 2 is 2.18 bits per heavy atom. The molecule has 1 aliphatic rings. The molecule has 11 heavy (non-hydrogen) atoms. The molecule has 0 saturated carbocycles. The summed E-state index contributed by atoms with van der Waals surface area (Å²) in [7, 11) is 0. The molecule has 0 radical (unpaired) electrons. The molecule has 0 bridgehead atoms. The van der Waals surface area contributed by atoms with E-state index in [-0.39, 0.29) is 18.2 Å². The quantitative estimate of drug-likeness (QED) is 0.467. The predicted octanol–water partition coefficient (Wildman–Crippen LogP) is -0.842. The van der Waals surface area contributed by atoms with E-state index < -0.39 is 6.29 Å². The maximum absolute atomic E-state index is 9.19. The van der Waals surface area contributed by atoms with Gasteiger partial charge in [-0.15, -0.1) is 0 Å². The highest BCUT2D eigenvalue weighted by Crippen LogP contribution is 2.18. The molecule has 1 unspecified atom stereocenters. The van der Waals surface area contributed by atoms with Crippen LogP contribution in [-0.2, 0) is 4.74 Å². The predicted molar refractivity (Wildman–Crippen MR) is 41.7 cm³/mol. The second kappa shape index (κ2) is 3.49. The summed E-state index contributed by atoms with van der Waals surface area (Å²) < 4.78 is 5.17. The van der Waals surface area contributed by atoms with Crippen LogP contribution in [0.15, 0.2) is 0 Å². The zero-order valence-corrected chi connectivity index (χ0v) is 6.73. The largest absolute Gasteiger partial charge is 0.367 e. The van der Waals surface area contributed by atoms with Crippen LogP contribution in [0.25, 0.3) is 0 Å². The first-order valence-electron chi connectivity index (χ1n) is 3.96. The SMILES string of the molecule is C[C@@H](N)C1CC[C@H](N)[C@@H](O)O1. The van der Waals surface area contributed by atoms with E-state index in [1.165, 1.54) is 0 Å². The monoisotopic (exact) mass is 160 g/mol. The lowest BCUT2D eigenvalue weighted by Crippen LogP contribution is -2.48. The van der Waals surface area contributed by atoms with Gasteiger partial charge in [0.15, 0.2) is 6.29 Å². The molecule has 5 N–H and O–H groups in total. The topological polar surface area (TPSA) is 81.5 Å². The summed E-state index contributed by atoms with van der Waals surface area (Å²) >= 11 is 0. The van der Waals surface area contributed by atoms with E-state index >= 15 is 0 Å². The summed E-state index contributed by atoms with van der Waals surface area (Å²) in [6, 6.07) is -0.276. The minimum absolute atomic E-state index is 0.0304. The van der Waals surface area contributed by atoms with Crippen molar-refractivity contribution in [1.29, 1.82) is 0 Å². The van der Waals surface area contributed by atoms with Crippen molar-refractivity contribution in [2.75, 3.05) is 0 Å². The number of aliphatic hydroxyl groups is 1. The van der Waals surface area contributed by atoms with Gasteiger partial charge in [0.05, 0.1) is 12.1 Å². The molecule has 0 aliphatic carbocycles. The standard InChI is InChI=1S/C7H16N2O2/c1-4(8)6-3-2-5(9)7(10)11-6/h4-7,10H,2-3,8-9H2,1H3/t4-,5+,6?,7+/m1/s1. The van der Waals surface area contributed by atoms with Gasteiger partial charge < -0.3 is 21.3 Å². The van der Waals surface area contributed by atoms with Crippen LogP contribution in [0.1, 0.15) is 19.8 Å². The van der Waals surface area contributed by atoms with Crippen molar-refractivity contribution in [2.24, 2.45) is 11.5 Å². The van der Waals surface area contributed by atoms with Crippen LogP contribution < -0.4 is 11.5 Å². The highest BCUT2D eigenvalue weighted by atomic mass is 16.6. The maximum atomic E-state index is 9.19. The maximum Gasteiger partial charge on any atom is 0.170 e. The number of aliphatic hydroxyl groups excluding tert-OH is 1. The normalized spacial score (nSPS) is 42.0. The third-order valence-corrected chi connectivity index (χ3v) is 2.05. The molecule has 66 valence electrons. The first-order valence-corrected chi connectivity index (χ1v) is 3.96. The van der Waals surface area contributed by atoms with Gasteiger partial charge in [-0.1, -0.05) is 0 Å². The summed E-state index contributed by atoms with van der Waals surface area (Å²) in [6.07, 6.45) is 0.757. The third-order valence-electron chi connectivity index (χ3n) is 2.05. The lowest BCUT2D eigenvalue weighted by atomic mass is 10.0. The number of rotatable bonds is 1. The molecular weight excluding hydrogens is 144 g/mol. The van der Waals surface area contributed by atoms with Crippen LogP contribution in [0, 0.1) is 0 Å². The lowest BCUT2D eigenvalue weighted by Gasteiger charge is -2.33. The molecule has 0 aromatic carbocycles. The summed E-state index contributed by atoms with van der Waals surface area (Å²) in [5.41, 5.74) is 11.1. The zero-order valence-electron chi connectivity index (χ0n) is 6.73. The lowest BCUT2D eigenvalue weighted by molar-refractivity contribution is -0.176. The van der Waals surface area contributed by atoms with Crippen LogP contribution in [0.5, 0.6) is 0 Å². The molecule has 0 aromatic heterocycles. The van der Waals surface area contributed by atoms with Crippen molar-refractivity contribution in [3.8, 4) is 0 Å². The smallest absolute Gasteiger partial charge is 0.170 e. The Morgan fingerprint density at radius 3 is 2.64 bits per heavy atom. The number of nitrogens with two attached hydrogens (primary N) is 2. The van der Waals surface area contributed by atoms with Crippen LogP contribution in [-0.4, -0.2) is 29.6 Å². The molecule has 1 rings (SSSR count). The summed E-state index contributed by atoms with van der Waals surface area (Å²) in [4.78, 5) is 0. The van der Waals surface area contributed by atoms with Crippen LogP contribution >= 0.6 is 0 Å². The first kappa shape index (κ1) is 8.93. The molecule has 1 heterocycles. The van der Waals surface area contributed by atoms with Gasteiger partial charge in [-0.2, -0.15) is 0 Å². The van der Waals surface area contributed by atoms with Gasteiger partial charge in [-0.05, 0) is 19.8 Å². The Kier molecular flexibility index (Phi) is 2.84. The van der Waals surface area contributed by atoms with Crippen molar-refractivity contribution < 1.29 is 9.84 Å². The van der Waals surface area contributed by atoms with Gasteiger partial charge >= 0.3 is 0 Å². The summed E-state index contributed by atoms with van der Waals surface area (Å²) in [5, 5.41) is 9.19. The molecule has 1 fully saturated rings. The van der Waals surface area contributed by atoms with Crippen LogP contribution in [0.2, 0.25) is 0 Å². The Hall–Kier alpha value is -0.160. The number of hydrogen-bond acceptors (Lipinski definition) is 4. The van der Waals surface area contributed by atoms with Gasteiger partial charge in [0, 0.05) is 6.04 Å². The molecule has 0 amide bonds. The van der Waals surface area contributed by atoms with Crippen molar-refractivity contribution in [2.45, 2.75) is 44.2 Å². The molecule has 4 heteroatoms. The molecule has 4 nitrogen and oxygen atoms in total. The minimum Gasteiger partial charge on any atom is -0.367 e. The van der Waals surface area contributed by atoms with E-state index in [1.807, 2.05) is 6.92 Å². The van der Waals surface area contributed by atoms with Gasteiger partial charge in [0.2, 0.25) is 0 Å². The molecule has 1 aliphatic heterocycles. The Labute approximate surface area is 66.5 Å². The van der Waals surface area contributed by atoms with E-state index in [9.17, 15) is 5.11 Å². The highest BCUT2D eigenvalue weighted by Gasteiger charge is 2.28. The first-order chi connectivity index (χ1) is 5.11. The summed E-state index contributed by atoms with van der Waals surface area (Å²) in [6.45, 7) is 1.87. The van der Waals surface area contributed by atoms with Gasteiger partial charge in [0.25, 0.3) is 0 Å². The molecule has 0 aromatic rings. The zero-order chi connectivity index (χ0) is 8.43. The van der Waals surface area contributed by atoms with Crippen molar-refractivity contribution >= 4 is 0 Å². The van der Waals surface area contributed by atoms with Crippen LogP contribution in [0.3, 0.4) is 0 Å². The van der Waals surface area contributed by atoms with Gasteiger partial charge in [-0.3, -0.25) is 0 Å². The third kappa shape index (κ3) is 2.13. The van der Waals surface area contributed by atoms with E-state index in [1.54, 1.807) is 0 Å². The van der Waals surface area contributed by atoms with E-state index in [0.717, 1.165) is 12.8 Å². The molecule has 0 spiro atoms. The number of hydrogen-bond donors (Lipinski definition) is 3. The van der Waals surface area contributed by atoms with E-state index in [4.69, 9.17) is 16.2 Å². The average molecular weight is 160 g/mol. The Bertz CT molecular complexity index is 130. The molecular formula is C7H16N2O2. The van der Waals surface area contributed by atoms with E-state index in [0.29, 0.717) is 0 Å². The second-order valence-corrected chi connectivity index (χ2v) is 3.17. The molecule has 4 atom stereocenters. The van der Waals surface area contributed by atoms with Crippen LogP contribution in [0.4, 0.5) is 0 Å².